The Morgan fingerprint density at radius 1 is 1.19 bits per heavy atom. The minimum absolute atomic E-state index is 0.0207. The Labute approximate surface area is 88.5 Å². The van der Waals surface area contributed by atoms with E-state index < -0.39 is 12.0 Å². The van der Waals surface area contributed by atoms with Crippen LogP contribution in [0.25, 0.3) is 5.82 Å². The number of nitrogen functional groups attached to an aromatic ring is 1. The molecule has 2 heterocycles. The molecular weight excluding hydrogens is 221 g/mol. The summed E-state index contributed by atoms with van der Waals surface area (Å²) in [6, 6.07) is 3.02. The van der Waals surface area contributed by atoms with Crippen LogP contribution in [0.15, 0.2) is 30.7 Å². The first-order chi connectivity index (χ1) is 7.50. The molecule has 0 unspecified atom stereocenters. The molecule has 2 aromatic rings. The van der Waals surface area contributed by atoms with Crippen LogP contribution in [0.5, 0.6) is 0 Å². The zero-order chi connectivity index (χ0) is 11.8. The van der Waals surface area contributed by atoms with Crippen LogP contribution in [-0.2, 0) is 6.18 Å². The predicted octanol–water partition coefficient (Wildman–Crippen LogP) is 1.87. The van der Waals surface area contributed by atoms with E-state index in [1.807, 2.05) is 0 Å². The summed E-state index contributed by atoms with van der Waals surface area (Å²) in [7, 11) is 0. The molecule has 16 heavy (non-hydrogen) atoms. The van der Waals surface area contributed by atoms with Gasteiger partial charge in [-0.3, -0.25) is 4.57 Å². The Hall–Kier alpha value is -2.05. The molecule has 0 bridgehead atoms. The van der Waals surface area contributed by atoms with Gasteiger partial charge in [-0.1, -0.05) is 0 Å². The zero-order valence-electron chi connectivity index (χ0n) is 7.94. The van der Waals surface area contributed by atoms with Crippen molar-refractivity contribution in [2.24, 2.45) is 0 Å². The summed E-state index contributed by atoms with van der Waals surface area (Å²) >= 11 is 0. The molecule has 2 rings (SSSR count). The van der Waals surface area contributed by atoms with Gasteiger partial charge in [0.25, 0.3) is 0 Å². The van der Waals surface area contributed by atoms with Crippen molar-refractivity contribution in [1.82, 2.24) is 14.5 Å². The molecule has 0 radical (unpaired) electrons. The number of imidazole rings is 1. The summed E-state index contributed by atoms with van der Waals surface area (Å²) in [4.78, 5) is 7.04. The average molecular weight is 228 g/mol. The number of alkyl halides is 3. The lowest BCUT2D eigenvalue weighted by atomic mass is 10.4. The number of rotatable bonds is 1. The number of nitrogens with zero attached hydrogens (tertiary/aromatic N) is 3. The summed E-state index contributed by atoms with van der Waals surface area (Å²) in [5.74, 6) is -1.02. The molecule has 0 aliphatic heterocycles. The van der Waals surface area contributed by atoms with Crippen LogP contribution in [0.4, 0.5) is 18.9 Å². The third-order valence-corrected chi connectivity index (χ3v) is 1.94. The first-order valence-corrected chi connectivity index (χ1v) is 4.31. The molecule has 0 amide bonds. The molecule has 4 nitrogen and oxygen atoms in total. The third-order valence-electron chi connectivity index (χ3n) is 1.94. The fraction of sp³-hybridized carbons (Fsp3) is 0.111. The maximum atomic E-state index is 12.5. The van der Waals surface area contributed by atoms with Gasteiger partial charge >= 0.3 is 6.18 Å². The van der Waals surface area contributed by atoms with Gasteiger partial charge in [-0.2, -0.15) is 13.2 Å². The topological polar surface area (TPSA) is 56.7 Å². The Bertz CT molecular complexity index is 503. The zero-order valence-corrected chi connectivity index (χ0v) is 7.94. The highest BCUT2D eigenvalue weighted by Crippen LogP contribution is 2.30. The fourth-order valence-corrected chi connectivity index (χ4v) is 1.29. The predicted molar refractivity (Wildman–Crippen MR) is 50.8 cm³/mol. The van der Waals surface area contributed by atoms with Crippen LogP contribution in [0.2, 0.25) is 0 Å². The lowest BCUT2D eigenvalue weighted by molar-refractivity contribution is -0.146. The van der Waals surface area contributed by atoms with Crippen LogP contribution in [-0.4, -0.2) is 14.5 Å². The summed E-state index contributed by atoms with van der Waals surface area (Å²) < 4.78 is 38.5. The average Bonchev–Trinajstić information content (AvgIpc) is 2.66. The van der Waals surface area contributed by atoms with Gasteiger partial charge in [0, 0.05) is 18.6 Å². The number of nitrogens with two attached hydrogens (primary N) is 1. The summed E-state index contributed by atoms with van der Waals surface area (Å²) in [6.45, 7) is 0. The number of hydrogen-bond donors (Lipinski definition) is 1. The number of halogens is 3. The number of anilines is 1. The van der Waals surface area contributed by atoms with E-state index in [2.05, 4.69) is 9.97 Å². The first kappa shape index (κ1) is 10.5. The lowest BCUT2D eigenvalue weighted by Crippen LogP contribution is -2.15. The third kappa shape index (κ3) is 1.71. The van der Waals surface area contributed by atoms with Crippen LogP contribution < -0.4 is 5.73 Å². The van der Waals surface area contributed by atoms with Gasteiger partial charge < -0.3 is 5.73 Å². The van der Waals surface area contributed by atoms with E-state index in [0.29, 0.717) is 0 Å². The van der Waals surface area contributed by atoms with E-state index in [0.717, 1.165) is 10.8 Å². The van der Waals surface area contributed by atoms with E-state index in [1.54, 1.807) is 6.07 Å². The van der Waals surface area contributed by atoms with Gasteiger partial charge in [-0.25, -0.2) is 9.97 Å². The minimum Gasteiger partial charge on any atom is -0.396 e. The molecule has 0 saturated heterocycles. The van der Waals surface area contributed by atoms with Crippen molar-refractivity contribution in [3.63, 3.8) is 0 Å². The molecule has 2 aromatic heterocycles. The molecule has 84 valence electrons. The molecule has 0 spiro atoms. The minimum atomic E-state index is -4.53. The van der Waals surface area contributed by atoms with Crippen molar-refractivity contribution < 1.29 is 13.2 Å². The summed E-state index contributed by atoms with van der Waals surface area (Å²) in [5, 5.41) is 0. The molecule has 0 fully saturated rings. The SMILES string of the molecule is Nc1cccnc1-n1ccnc1C(F)(F)F. The molecule has 7 heteroatoms. The highest BCUT2D eigenvalue weighted by molar-refractivity contribution is 5.52. The van der Waals surface area contributed by atoms with Crippen molar-refractivity contribution >= 4 is 5.69 Å². The van der Waals surface area contributed by atoms with E-state index in [4.69, 9.17) is 5.73 Å². The van der Waals surface area contributed by atoms with Gasteiger partial charge in [0.1, 0.15) is 0 Å². The maximum absolute atomic E-state index is 12.5. The summed E-state index contributed by atoms with van der Waals surface area (Å²) in [5.41, 5.74) is 5.70. The standard InChI is InChI=1S/C9H7F3N4/c10-9(11,12)8-15-4-5-16(8)7-6(13)2-1-3-14-7/h1-5H,13H2. The van der Waals surface area contributed by atoms with Crippen molar-refractivity contribution in [3.8, 4) is 5.82 Å². The molecule has 0 aliphatic rings. The second kappa shape index (κ2) is 3.51. The number of hydrogen-bond acceptors (Lipinski definition) is 3. The second-order valence-corrected chi connectivity index (χ2v) is 3.03. The van der Waals surface area contributed by atoms with E-state index >= 15 is 0 Å². The first-order valence-electron chi connectivity index (χ1n) is 4.31. The van der Waals surface area contributed by atoms with Crippen molar-refractivity contribution in [2.45, 2.75) is 6.18 Å². The summed E-state index contributed by atoms with van der Waals surface area (Å²) in [6.07, 6.45) is -0.947. The normalized spacial score (nSPS) is 11.7. The fourth-order valence-electron chi connectivity index (χ4n) is 1.29. The highest BCUT2D eigenvalue weighted by Gasteiger charge is 2.36. The molecule has 0 saturated carbocycles. The van der Waals surface area contributed by atoms with Crippen molar-refractivity contribution in [1.29, 1.82) is 0 Å². The van der Waals surface area contributed by atoms with Gasteiger partial charge in [0.2, 0.25) is 5.82 Å². The van der Waals surface area contributed by atoms with E-state index in [1.165, 1.54) is 18.5 Å². The van der Waals surface area contributed by atoms with Crippen molar-refractivity contribution in [2.75, 3.05) is 5.73 Å². The van der Waals surface area contributed by atoms with Gasteiger partial charge in [0.15, 0.2) is 5.82 Å². The van der Waals surface area contributed by atoms with Crippen molar-refractivity contribution in [3.05, 3.63) is 36.5 Å². The lowest BCUT2D eigenvalue weighted by Gasteiger charge is -2.10. The molecular formula is C9H7F3N4. The molecule has 2 N–H and O–H groups in total. The largest absolute Gasteiger partial charge is 0.450 e. The Morgan fingerprint density at radius 2 is 1.94 bits per heavy atom. The Kier molecular flexibility index (Phi) is 2.30. The smallest absolute Gasteiger partial charge is 0.396 e. The maximum Gasteiger partial charge on any atom is 0.450 e. The molecule has 0 aromatic carbocycles. The molecule has 0 atom stereocenters. The van der Waals surface area contributed by atoms with E-state index in [9.17, 15) is 13.2 Å². The monoisotopic (exact) mass is 228 g/mol. The van der Waals surface area contributed by atoms with E-state index in [-0.39, 0.29) is 11.5 Å². The van der Waals surface area contributed by atoms with Crippen LogP contribution in [0, 0.1) is 0 Å². The Balaban J connectivity index is 2.58. The number of pyridine rings is 1. The van der Waals surface area contributed by atoms with Crippen LogP contribution in [0.3, 0.4) is 0 Å². The van der Waals surface area contributed by atoms with Gasteiger partial charge in [-0.05, 0) is 12.1 Å². The quantitative estimate of drug-likeness (QED) is 0.810. The van der Waals surface area contributed by atoms with Gasteiger partial charge in [-0.15, -0.1) is 0 Å². The number of aromatic nitrogens is 3. The highest BCUT2D eigenvalue weighted by atomic mass is 19.4. The Morgan fingerprint density at radius 3 is 2.56 bits per heavy atom. The van der Waals surface area contributed by atoms with Gasteiger partial charge in [0.05, 0.1) is 5.69 Å². The van der Waals surface area contributed by atoms with Crippen LogP contribution in [0.1, 0.15) is 5.82 Å². The second-order valence-electron chi connectivity index (χ2n) is 3.03. The van der Waals surface area contributed by atoms with Crippen LogP contribution >= 0.6 is 0 Å². The molecule has 0 aliphatic carbocycles.